The van der Waals surface area contributed by atoms with E-state index in [0.717, 1.165) is 11.3 Å². The molecule has 0 spiro atoms. The highest BCUT2D eigenvalue weighted by molar-refractivity contribution is 6.07. The van der Waals surface area contributed by atoms with Gasteiger partial charge in [0.05, 0.1) is 6.10 Å². The summed E-state index contributed by atoms with van der Waals surface area (Å²) in [6, 6.07) is 18.3. The smallest absolute Gasteiger partial charge is 0.253 e. The maximum atomic E-state index is 13.0. The van der Waals surface area contributed by atoms with Crippen LogP contribution >= 0.6 is 0 Å². The van der Waals surface area contributed by atoms with E-state index in [4.69, 9.17) is 4.74 Å². The fourth-order valence-corrected chi connectivity index (χ4v) is 3.46. The van der Waals surface area contributed by atoms with Gasteiger partial charge in [0.1, 0.15) is 12.6 Å². The summed E-state index contributed by atoms with van der Waals surface area (Å²) >= 11 is 0. The van der Waals surface area contributed by atoms with Crippen molar-refractivity contribution in [2.75, 3.05) is 11.4 Å². The second-order valence-corrected chi connectivity index (χ2v) is 6.11. The van der Waals surface area contributed by atoms with Gasteiger partial charge in [-0.1, -0.05) is 48.5 Å². The molecule has 2 aromatic carbocycles. The molecule has 2 fully saturated rings. The second-order valence-electron chi connectivity index (χ2n) is 6.11. The minimum atomic E-state index is -0.586. The highest BCUT2D eigenvalue weighted by atomic mass is 16.5. The van der Waals surface area contributed by atoms with Crippen LogP contribution in [0.1, 0.15) is 18.7 Å². The molecule has 0 radical (unpaired) electrons. The number of benzene rings is 2. The van der Waals surface area contributed by atoms with Crippen LogP contribution in [-0.2, 0) is 14.3 Å². The average Bonchev–Trinajstić information content (AvgIpc) is 2.98. The van der Waals surface area contributed by atoms with Crippen LogP contribution in [0.25, 0.3) is 0 Å². The minimum Gasteiger partial charge on any atom is -0.348 e. The molecule has 0 N–H and O–H groups in total. The lowest BCUT2D eigenvalue weighted by Crippen LogP contribution is -2.60. The van der Waals surface area contributed by atoms with Crippen molar-refractivity contribution < 1.29 is 14.3 Å². The lowest BCUT2D eigenvalue weighted by Gasteiger charge is -2.38. The molecule has 0 bridgehead atoms. The van der Waals surface area contributed by atoms with Crippen LogP contribution in [0.5, 0.6) is 0 Å². The number of nitrogens with zero attached hydrogens (tertiary/aromatic N) is 2. The van der Waals surface area contributed by atoms with Gasteiger partial charge in [-0.3, -0.25) is 14.5 Å². The quantitative estimate of drug-likeness (QED) is 0.853. The van der Waals surface area contributed by atoms with Gasteiger partial charge < -0.3 is 9.64 Å². The van der Waals surface area contributed by atoms with Crippen molar-refractivity contribution in [2.24, 2.45) is 0 Å². The summed E-state index contributed by atoms with van der Waals surface area (Å²) < 4.78 is 5.98. The van der Waals surface area contributed by atoms with Gasteiger partial charge >= 0.3 is 0 Å². The number of ether oxygens (including phenoxy) is 1. The normalized spacial score (nSPS) is 26.6. The monoisotopic (exact) mass is 322 g/mol. The van der Waals surface area contributed by atoms with Crippen molar-refractivity contribution in [3.8, 4) is 0 Å². The van der Waals surface area contributed by atoms with E-state index in [0.29, 0.717) is 0 Å². The van der Waals surface area contributed by atoms with E-state index < -0.39 is 12.3 Å². The number of carbonyl (C=O) groups is 2. The van der Waals surface area contributed by atoms with Crippen LogP contribution in [0.15, 0.2) is 60.7 Å². The molecule has 24 heavy (non-hydrogen) atoms. The molecule has 2 aliphatic heterocycles. The minimum absolute atomic E-state index is 0.0404. The summed E-state index contributed by atoms with van der Waals surface area (Å²) in [7, 11) is 0. The standard InChI is InChI=1S/C19H18N2O3/c1-13-17-18(23)20(15-10-6-3-7-11-15)12-16(22)21(17)19(24-13)14-8-4-2-5-9-14/h2-11,13,17,19H,12H2,1H3/t13-,17+,19+/m1/s1. The summed E-state index contributed by atoms with van der Waals surface area (Å²) in [5, 5.41) is 0. The average molecular weight is 322 g/mol. The van der Waals surface area contributed by atoms with Gasteiger partial charge in [-0.2, -0.15) is 0 Å². The Hall–Kier alpha value is -2.66. The predicted molar refractivity (Wildman–Crippen MR) is 89.2 cm³/mol. The van der Waals surface area contributed by atoms with Crippen LogP contribution in [0, 0.1) is 0 Å². The molecule has 4 rings (SSSR count). The van der Waals surface area contributed by atoms with E-state index in [1.807, 2.05) is 67.6 Å². The Morgan fingerprint density at radius 3 is 2.25 bits per heavy atom. The van der Waals surface area contributed by atoms with Crippen LogP contribution in [-0.4, -0.2) is 35.4 Å². The molecule has 5 nitrogen and oxygen atoms in total. The first-order valence-corrected chi connectivity index (χ1v) is 8.05. The van der Waals surface area contributed by atoms with Crippen molar-refractivity contribution in [2.45, 2.75) is 25.3 Å². The molecule has 5 heteroatoms. The molecule has 2 amide bonds. The third-order valence-corrected chi connectivity index (χ3v) is 4.59. The van der Waals surface area contributed by atoms with E-state index in [1.54, 1.807) is 9.80 Å². The summed E-state index contributed by atoms with van der Waals surface area (Å²) in [5.74, 6) is -0.187. The SMILES string of the molecule is C[C@H]1O[C@@H](c2ccccc2)N2C(=O)CN(c3ccccc3)C(=O)[C@H]12. The number of hydrogen-bond donors (Lipinski definition) is 0. The zero-order chi connectivity index (χ0) is 16.7. The van der Waals surface area contributed by atoms with E-state index in [9.17, 15) is 9.59 Å². The van der Waals surface area contributed by atoms with Gasteiger partial charge in [-0.25, -0.2) is 0 Å². The number of carbonyl (C=O) groups excluding carboxylic acids is 2. The third kappa shape index (κ3) is 2.29. The Kier molecular flexibility index (Phi) is 3.58. The zero-order valence-corrected chi connectivity index (χ0v) is 13.3. The topological polar surface area (TPSA) is 49.9 Å². The van der Waals surface area contributed by atoms with Gasteiger partial charge in [0, 0.05) is 11.3 Å². The number of piperazine rings is 1. The number of rotatable bonds is 2. The van der Waals surface area contributed by atoms with Gasteiger partial charge in [-0.05, 0) is 19.1 Å². The number of amides is 2. The molecular weight excluding hydrogens is 304 g/mol. The lowest BCUT2D eigenvalue weighted by atomic mass is 10.0. The van der Waals surface area contributed by atoms with Crippen molar-refractivity contribution in [1.29, 1.82) is 0 Å². The molecule has 2 heterocycles. The third-order valence-electron chi connectivity index (χ3n) is 4.59. The molecule has 0 unspecified atom stereocenters. The number of hydrogen-bond acceptors (Lipinski definition) is 3. The molecular formula is C19H18N2O3. The molecule has 2 aromatic rings. The van der Waals surface area contributed by atoms with Crippen LogP contribution < -0.4 is 4.90 Å². The first kappa shape index (κ1) is 14.9. The molecule has 122 valence electrons. The Balaban J connectivity index is 1.68. The summed E-state index contributed by atoms with van der Waals surface area (Å²) in [6.07, 6.45) is -0.848. The fourth-order valence-electron chi connectivity index (χ4n) is 3.46. The lowest BCUT2D eigenvalue weighted by molar-refractivity contribution is -0.145. The van der Waals surface area contributed by atoms with E-state index in [2.05, 4.69) is 0 Å². The Morgan fingerprint density at radius 1 is 0.958 bits per heavy atom. The Bertz CT molecular complexity index is 763. The number of fused-ring (bicyclic) bond motifs is 1. The first-order chi connectivity index (χ1) is 11.7. The molecule has 0 saturated carbocycles. The van der Waals surface area contributed by atoms with Gasteiger partial charge in [0.15, 0.2) is 6.23 Å². The highest BCUT2D eigenvalue weighted by Gasteiger charge is 2.52. The van der Waals surface area contributed by atoms with E-state index in [1.165, 1.54) is 0 Å². The predicted octanol–water partition coefficient (Wildman–Crippen LogP) is 2.35. The van der Waals surface area contributed by atoms with E-state index >= 15 is 0 Å². The fraction of sp³-hybridized carbons (Fsp3) is 0.263. The second kappa shape index (κ2) is 5.76. The summed E-state index contributed by atoms with van der Waals surface area (Å²) in [6.45, 7) is 1.89. The molecule has 3 atom stereocenters. The highest BCUT2D eigenvalue weighted by Crippen LogP contribution is 2.38. The number of para-hydroxylation sites is 1. The van der Waals surface area contributed by atoms with Crippen LogP contribution in [0.3, 0.4) is 0 Å². The number of anilines is 1. The molecule has 0 aromatic heterocycles. The Labute approximate surface area is 140 Å². The van der Waals surface area contributed by atoms with Gasteiger partial charge in [0.25, 0.3) is 5.91 Å². The van der Waals surface area contributed by atoms with Crippen molar-refractivity contribution >= 4 is 17.5 Å². The first-order valence-electron chi connectivity index (χ1n) is 8.05. The molecule has 2 saturated heterocycles. The zero-order valence-electron chi connectivity index (χ0n) is 13.3. The van der Waals surface area contributed by atoms with Crippen LogP contribution in [0.2, 0.25) is 0 Å². The summed E-state index contributed by atoms with van der Waals surface area (Å²) in [5.41, 5.74) is 1.63. The van der Waals surface area contributed by atoms with Crippen molar-refractivity contribution in [1.82, 2.24) is 4.90 Å². The van der Waals surface area contributed by atoms with E-state index in [-0.39, 0.29) is 24.5 Å². The van der Waals surface area contributed by atoms with Crippen LogP contribution in [0.4, 0.5) is 5.69 Å². The largest absolute Gasteiger partial charge is 0.348 e. The molecule has 2 aliphatic rings. The van der Waals surface area contributed by atoms with Gasteiger partial charge in [-0.15, -0.1) is 0 Å². The van der Waals surface area contributed by atoms with Crippen molar-refractivity contribution in [3.63, 3.8) is 0 Å². The maximum Gasteiger partial charge on any atom is 0.253 e. The maximum absolute atomic E-state index is 13.0. The molecule has 0 aliphatic carbocycles. The van der Waals surface area contributed by atoms with Crippen molar-refractivity contribution in [3.05, 3.63) is 66.2 Å². The van der Waals surface area contributed by atoms with Gasteiger partial charge in [0.2, 0.25) is 5.91 Å². The Morgan fingerprint density at radius 2 is 1.58 bits per heavy atom. The summed E-state index contributed by atoms with van der Waals surface area (Å²) in [4.78, 5) is 28.9.